The predicted octanol–water partition coefficient (Wildman–Crippen LogP) is 3.05. The summed E-state index contributed by atoms with van der Waals surface area (Å²) in [5, 5.41) is 10.0. The maximum Gasteiger partial charge on any atom is 0.285 e. The Hall–Kier alpha value is -1.92. The van der Waals surface area contributed by atoms with Crippen molar-refractivity contribution in [2.45, 2.75) is 6.92 Å². The summed E-state index contributed by atoms with van der Waals surface area (Å²) in [4.78, 5) is 11.2. The van der Waals surface area contributed by atoms with Crippen LogP contribution in [0.15, 0.2) is 34.3 Å². The van der Waals surface area contributed by atoms with E-state index in [0.717, 1.165) is 0 Å². The number of H-pyrrole nitrogens is 1. The highest BCUT2D eigenvalue weighted by Crippen LogP contribution is 2.19. The summed E-state index contributed by atoms with van der Waals surface area (Å²) in [5.74, 6) is -0.429. The number of nitrogens with one attached hydrogen (secondary N) is 2. The topological polar surface area (TPSA) is 70.1 Å². The van der Waals surface area contributed by atoms with Crippen LogP contribution in [0.1, 0.15) is 12.5 Å². The fourth-order valence-corrected chi connectivity index (χ4v) is 1.89. The fourth-order valence-electron chi connectivity index (χ4n) is 1.45. The van der Waals surface area contributed by atoms with E-state index in [1.165, 1.54) is 24.4 Å². The Labute approximate surface area is 123 Å². The van der Waals surface area contributed by atoms with Gasteiger partial charge in [0.05, 0.1) is 16.9 Å². The molecule has 0 aliphatic rings. The van der Waals surface area contributed by atoms with E-state index in [4.69, 9.17) is 23.2 Å². The standard InChI is InChI=1S/C12H9Cl2FN4O/c1-6(8-3-2-7(15)4-9(8)13)17-18-10-5-16-19-12(20)11(10)14/h2-5H,1H3,(H2,18,19,20)/b17-6-. The monoisotopic (exact) mass is 314 g/mol. The van der Waals surface area contributed by atoms with Crippen LogP contribution in [0, 0.1) is 5.82 Å². The minimum absolute atomic E-state index is 0.0539. The predicted molar refractivity (Wildman–Crippen MR) is 77.1 cm³/mol. The van der Waals surface area contributed by atoms with Crippen molar-refractivity contribution in [2.24, 2.45) is 5.10 Å². The number of hydrogen-bond donors (Lipinski definition) is 2. The van der Waals surface area contributed by atoms with Gasteiger partial charge in [-0.3, -0.25) is 10.2 Å². The van der Waals surface area contributed by atoms with E-state index in [9.17, 15) is 9.18 Å². The van der Waals surface area contributed by atoms with Crippen molar-refractivity contribution in [3.8, 4) is 0 Å². The normalized spacial score (nSPS) is 11.5. The summed E-state index contributed by atoms with van der Waals surface area (Å²) in [7, 11) is 0. The van der Waals surface area contributed by atoms with Gasteiger partial charge >= 0.3 is 0 Å². The second-order valence-electron chi connectivity index (χ2n) is 3.86. The molecule has 0 fully saturated rings. The Bertz CT molecular complexity index is 730. The van der Waals surface area contributed by atoms with Gasteiger partial charge in [0.1, 0.15) is 16.5 Å². The highest BCUT2D eigenvalue weighted by molar-refractivity contribution is 6.34. The number of hydrazone groups is 1. The number of halogens is 3. The molecule has 0 radical (unpaired) electrons. The first-order valence-electron chi connectivity index (χ1n) is 5.48. The summed E-state index contributed by atoms with van der Waals surface area (Å²) in [6.07, 6.45) is 1.33. The molecule has 0 saturated heterocycles. The fraction of sp³-hybridized carbons (Fsp3) is 0.0833. The van der Waals surface area contributed by atoms with Crippen molar-refractivity contribution in [1.29, 1.82) is 0 Å². The molecule has 0 unspecified atom stereocenters. The number of anilines is 1. The van der Waals surface area contributed by atoms with E-state index in [0.29, 0.717) is 11.3 Å². The molecule has 20 heavy (non-hydrogen) atoms. The SMILES string of the molecule is C/C(=N/Nc1cn[nH]c(=O)c1Cl)c1ccc(F)cc1Cl. The van der Waals surface area contributed by atoms with Crippen LogP contribution in [-0.2, 0) is 0 Å². The van der Waals surface area contributed by atoms with Crippen LogP contribution in [0.5, 0.6) is 0 Å². The van der Waals surface area contributed by atoms with Crippen LogP contribution in [0.2, 0.25) is 10.0 Å². The van der Waals surface area contributed by atoms with Gasteiger partial charge in [0.25, 0.3) is 5.56 Å². The lowest BCUT2D eigenvalue weighted by Crippen LogP contribution is -2.10. The maximum absolute atomic E-state index is 13.0. The third-order valence-electron chi connectivity index (χ3n) is 2.46. The molecule has 0 spiro atoms. The van der Waals surface area contributed by atoms with Crippen LogP contribution in [0.3, 0.4) is 0 Å². The molecule has 0 aliphatic heterocycles. The van der Waals surface area contributed by atoms with Crippen molar-refractivity contribution < 1.29 is 4.39 Å². The average Bonchev–Trinajstić information content (AvgIpc) is 2.40. The molecule has 0 bridgehead atoms. The van der Waals surface area contributed by atoms with Crippen molar-refractivity contribution in [3.05, 3.63) is 56.2 Å². The highest BCUT2D eigenvalue weighted by atomic mass is 35.5. The van der Waals surface area contributed by atoms with Gasteiger partial charge in [-0.25, -0.2) is 9.49 Å². The van der Waals surface area contributed by atoms with Gasteiger partial charge in [0, 0.05) is 5.56 Å². The van der Waals surface area contributed by atoms with E-state index in [1.54, 1.807) is 6.92 Å². The lowest BCUT2D eigenvalue weighted by Gasteiger charge is -2.06. The molecular formula is C12H9Cl2FN4O. The van der Waals surface area contributed by atoms with Crippen molar-refractivity contribution in [2.75, 3.05) is 5.43 Å². The first-order chi connectivity index (χ1) is 9.49. The molecule has 5 nitrogen and oxygen atoms in total. The largest absolute Gasteiger partial charge is 0.285 e. The number of aromatic nitrogens is 2. The summed E-state index contributed by atoms with van der Waals surface area (Å²) in [6, 6.07) is 3.98. The van der Waals surface area contributed by atoms with Crippen LogP contribution >= 0.6 is 23.2 Å². The lowest BCUT2D eigenvalue weighted by atomic mass is 10.1. The Morgan fingerprint density at radius 3 is 2.90 bits per heavy atom. The summed E-state index contributed by atoms with van der Waals surface area (Å²) < 4.78 is 13.0. The zero-order valence-corrected chi connectivity index (χ0v) is 11.8. The van der Waals surface area contributed by atoms with Gasteiger partial charge in [-0.15, -0.1) is 0 Å². The first kappa shape index (κ1) is 14.5. The number of rotatable bonds is 3. The Morgan fingerprint density at radius 2 is 2.20 bits per heavy atom. The molecular weight excluding hydrogens is 306 g/mol. The molecule has 0 saturated carbocycles. The highest BCUT2D eigenvalue weighted by Gasteiger charge is 2.07. The van der Waals surface area contributed by atoms with Crippen LogP contribution in [-0.4, -0.2) is 15.9 Å². The minimum Gasteiger partial charge on any atom is -0.275 e. The number of hydrogen-bond acceptors (Lipinski definition) is 4. The second kappa shape index (κ2) is 6.02. The first-order valence-corrected chi connectivity index (χ1v) is 6.23. The molecule has 0 atom stereocenters. The molecule has 8 heteroatoms. The zero-order chi connectivity index (χ0) is 14.7. The molecule has 0 amide bonds. The van der Waals surface area contributed by atoms with Crippen LogP contribution in [0.25, 0.3) is 0 Å². The molecule has 0 aliphatic carbocycles. The number of aromatic amines is 1. The molecule has 2 rings (SSSR count). The van der Waals surface area contributed by atoms with E-state index >= 15 is 0 Å². The van der Waals surface area contributed by atoms with Gasteiger partial charge in [-0.2, -0.15) is 10.2 Å². The summed E-state index contributed by atoms with van der Waals surface area (Å²) in [5.41, 5.74) is 3.42. The summed E-state index contributed by atoms with van der Waals surface area (Å²) in [6.45, 7) is 1.68. The van der Waals surface area contributed by atoms with Gasteiger partial charge < -0.3 is 0 Å². The zero-order valence-electron chi connectivity index (χ0n) is 10.2. The average molecular weight is 315 g/mol. The maximum atomic E-state index is 13.0. The molecule has 1 aromatic heterocycles. The number of nitrogens with zero attached hydrogens (tertiary/aromatic N) is 2. The van der Waals surface area contributed by atoms with Crippen LogP contribution in [0.4, 0.5) is 10.1 Å². The Balaban J connectivity index is 2.27. The minimum atomic E-state index is -0.524. The van der Waals surface area contributed by atoms with E-state index in [2.05, 4.69) is 20.7 Å². The quantitative estimate of drug-likeness (QED) is 0.675. The van der Waals surface area contributed by atoms with E-state index in [1.807, 2.05) is 0 Å². The van der Waals surface area contributed by atoms with Crippen molar-refractivity contribution in [3.63, 3.8) is 0 Å². The third-order valence-corrected chi connectivity index (χ3v) is 3.15. The summed E-state index contributed by atoms with van der Waals surface area (Å²) >= 11 is 11.7. The van der Waals surface area contributed by atoms with Crippen molar-refractivity contribution >= 4 is 34.6 Å². The van der Waals surface area contributed by atoms with Gasteiger partial charge in [-0.05, 0) is 25.1 Å². The molecule has 1 heterocycles. The molecule has 1 aromatic carbocycles. The van der Waals surface area contributed by atoms with Crippen LogP contribution < -0.4 is 11.0 Å². The van der Waals surface area contributed by atoms with E-state index < -0.39 is 11.4 Å². The third kappa shape index (κ3) is 3.15. The lowest BCUT2D eigenvalue weighted by molar-refractivity contribution is 0.628. The van der Waals surface area contributed by atoms with Gasteiger partial charge in [0.15, 0.2) is 0 Å². The van der Waals surface area contributed by atoms with Crippen molar-refractivity contribution in [1.82, 2.24) is 10.2 Å². The Kier molecular flexibility index (Phi) is 4.36. The molecule has 104 valence electrons. The Morgan fingerprint density at radius 1 is 1.45 bits per heavy atom. The molecule has 2 aromatic rings. The van der Waals surface area contributed by atoms with Gasteiger partial charge in [0.2, 0.25) is 0 Å². The second-order valence-corrected chi connectivity index (χ2v) is 4.65. The smallest absolute Gasteiger partial charge is 0.275 e. The number of benzene rings is 1. The molecule has 2 N–H and O–H groups in total. The van der Waals surface area contributed by atoms with E-state index in [-0.39, 0.29) is 15.7 Å². The van der Waals surface area contributed by atoms with Gasteiger partial charge in [-0.1, -0.05) is 23.2 Å².